The molecule has 0 saturated carbocycles. The van der Waals surface area contributed by atoms with E-state index in [9.17, 15) is 8.42 Å². The molecule has 1 aromatic rings. The number of ether oxygens (including phenoxy) is 1. The largest absolute Gasteiger partial charge is 0.495 e. The Kier molecular flexibility index (Phi) is 2.94. The summed E-state index contributed by atoms with van der Waals surface area (Å²) in [4.78, 5) is 0.111. The van der Waals surface area contributed by atoms with Gasteiger partial charge in [0.2, 0.25) is 0 Å². The van der Waals surface area contributed by atoms with Gasteiger partial charge in [-0.3, -0.25) is 0 Å². The molecule has 0 atom stereocenters. The summed E-state index contributed by atoms with van der Waals surface area (Å²) in [5, 5.41) is 0.380. The minimum absolute atomic E-state index is 0.111. The van der Waals surface area contributed by atoms with Gasteiger partial charge in [-0.2, -0.15) is 0 Å². The molecule has 1 aromatic carbocycles. The molecule has 0 fully saturated rings. The second kappa shape index (κ2) is 3.78. The van der Waals surface area contributed by atoms with Gasteiger partial charge >= 0.3 is 0 Å². The average Bonchev–Trinajstić information content (AvgIpc) is 2.04. The predicted molar refractivity (Wildman–Crippen MR) is 46.6 cm³/mol. The third-order valence-corrected chi connectivity index (χ3v) is 2.32. The Balaban J connectivity index is 3.31. The van der Waals surface area contributed by atoms with E-state index in [1.165, 1.54) is 19.2 Å². The van der Waals surface area contributed by atoms with Crippen LogP contribution in [0.1, 0.15) is 0 Å². The van der Waals surface area contributed by atoms with Crippen molar-refractivity contribution in [2.75, 3.05) is 7.11 Å². The van der Waals surface area contributed by atoms with Crippen molar-refractivity contribution in [3.8, 4) is 5.75 Å². The van der Waals surface area contributed by atoms with E-state index in [2.05, 4.69) is 0 Å². The van der Waals surface area contributed by atoms with Gasteiger partial charge in [-0.15, -0.1) is 0 Å². The molecule has 1 rings (SSSR count). The molecule has 0 heterocycles. The third-order valence-electron chi connectivity index (χ3n) is 1.34. The van der Waals surface area contributed by atoms with Crippen molar-refractivity contribution in [2.45, 2.75) is 4.90 Å². The van der Waals surface area contributed by atoms with Gasteiger partial charge in [-0.05, 0) is 18.2 Å². The van der Waals surface area contributed by atoms with E-state index in [4.69, 9.17) is 16.3 Å². The van der Waals surface area contributed by atoms with Crippen LogP contribution in [0.25, 0.3) is 0 Å². The first-order chi connectivity index (χ1) is 5.65. The van der Waals surface area contributed by atoms with Gasteiger partial charge in [0.25, 0.3) is 0 Å². The van der Waals surface area contributed by atoms with Gasteiger partial charge in [-0.1, -0.05) is 11.6 Å². The van der Waals surface area contributed by atoms with E-state index >= 15 is 0 Å². The third kappa shape index (κ3) is 1.89. The second-order valence-corrected chi connectivity index (χ2v) is 3.51. The lowest BCUT2D eigenvalue weighted by atomic mass is 10.3. The summed E-state index contributed by atoms with van der Waals surface area (Å²) in [6.45, 7) is 0. The highest BCUT2D eigenvalue weighted by Gasteiger charge is 2.04. The summed E-state index contributed by atoms with van der Waals surface area (Å²) in [6, 6.07) is 4.44. The lowest BCUT2D eigenvalue weighted by Gasteiger charge is -2.01. The fourth-order valence-electron chi connectivity index (χ4n) is 0.806. The Labute approximate surface area is 76.9 Å². The fraction of sp³-hybridized carbons (Fsp3) is 0.143. The smallest absolute Gasteiger partial charge is 0.172 e. The zero-order valence-electron chi connectivity index (χ0n) is 6.28. The van der Waals surface area contributed by atoms with Crippen LogP contribution in [0.3, 0.4) is 0 Å². The van der Waals surface area contributed by atoms with Crippen LogP contribution in [-0.4, -0.2) is 15.5 Å². The number of rotatable bonds is 2. The van der Waals surface area contributed by atoms with Crippen molar-refractivity contribution in [1.29, 1.82) is 0 Å². The van der Waals surface area contributed by atoms with Crippen molar-refractivity contribution in [2.24, 2.45) is 0 Å². The molecule has 0 spiro atoms. The minimum atomic E-state index is -2.65. The monoisotopic (exact) mass is 206 g/mol. The van der Waals surface area contributed by atoms with Crippen molar-refractivity contribution in [3.63, 3.8) is 0 Å². The number of methoxy groups -OCH3 is 1. The van der Waals surface area contributed by atoms with Crippen LogP contribution in [0.5, 0.6) is 5.75 Å². The van der Waals surface area contributed by atoms with E-state index in [1.54, 1.807) is 6.07 Å². The molecule has 0 bridgehead atoms. The van der Waals surface area contributed by atoms with Crippen molar-refractivity contribution >= 4 is 22.3 Å². The molecular weight excluding hydrogens is 200 g/mol. The van der Waals surface area contributed by atoms with Gasteiger partial charge in [0.1, 0.15) is 10.6 Å². The van der Waals surface area contributed by atoms with Crippen LogP contribution in [0.15, 0.2) is 23.1 Å². The van der Waals surface area contributed by atoms with Crippen LogP contribution in [0, 0.1) is 0 Å². The van der Waals surface area contributed by atoms with Gasteiger partial charge in [-0.25, -0.2) is 8.42 Å². The lowest BCUT2D eigenvalue weighted by molar-refractivity contribution is 0.403. The first-order valence-electron chi connectivity index (χ1n) is 3.13. The van der Waals surface area contributed by atoms with Crippen molar-refractivity contribution in [1.82, 2.24) is 0 Å². The molecule has 66 valence electrons. The van der Waals surface area contributed by atoms with Crippen molar-refractivity contribution in [3.05, 3.63) is 23.2 Å². The van der Waals surface area contributed by atoms with Gasteiger partial charge in [0.15, 0.2) is 10.7 Å². The minimum Gasteiger partial charge on any atom is -0.495 e. The molecule has 0 amide bonds. The predicted octanol–water partition coefficient (Wildman–Crippen LogP) is 1.32. The first-order valence-corrected chi connectivity index (χ1v) is 4.68. The molecule has 0 aromatic heterocycles. The number of benzene rings is 1. The highest BCUT2D eigenvalue weighted by Crippen LogP contribution is 2.23. The van der Waals surface area contributed by atoms with Gasteiger partial charge in [0.05, 0.1) is 7.11 Å². The number of hydrogen-bond acceptors (Lipinski definition) is 3. The Morgan fingerprint density at radius 2 is 2.08 bits per heavy atom. The standard InChI is InChI=1S/C7H7ClO3S/c1-11-6-3-2-5(8)4-7(6)12(9)10/h2-4,12H,1H3. The van der Waals surface area contributed by atoms with Crippen LogP contribution < -0.4 is 4.74 Å². The highest BCUT2D eigenvalue weighted by atomic mass is 35.5. The average molecular weight is 207 g/mol. The second-order valence-electron chi connectivity index (χ2n) is 2.07. The SMILES string of the molecule is COc1ccc(Cl)cc1[SH](=O)=O. The molecule has 0 radical (unpaired) electrons. The molecule has 0 aliphatic heterocycles. The molecule has 5 heteroatoms. The normalized spacial score (nSPS) is 10.2. The molecule has 3 nitrogen and oxygen atoms in total. The summed E-state index contributed by atoms with van der Waals surface area (Å²) in [7, 11) is -1.24. The van der Waals surface area contributed by atoms with Gasteiger partial charge < -0.3 is 4.74 Å². The van der Waals surface area contributed by atoms with Gasteiger partial charge in [0, 0.05) is 5.02 Å². The van der Waals surface area contributed by atoms with Crippen LogP contribution in [0.2, 0.25) is 5.02 Å². The van der Waals surface area contributed by atoms with Crippen molar-refractivity contribution < 1.29 is 13.2 Å². The maximum absolute atomic E-state index is 10.6. The van der Waals surface area contributed by atoms with E-state index in [-0.39, 0.29) is 4.90 Å². The Morgan fingerprint density at radius 1 is 1.42 bits per heavy atom. The van der Waals surface area contributed by atoms with E-state index in [0.29, 0.717) is 10.8 Å². The maximum atomic E-state index is 10.6. The number of hydrogen-bond donors (Lipinski definition) is 1. The summed E-state index contributed by atoms with van der Waals surface area (Å²) in [5.41, 5.74) is 0. The number of halogens is 1. The molecule has 0 N–H and O–H groups in total. The molecule has 0 aliphatic rings. The van der Waals surface area contributed by atoms with E-state index in [1.807, 2.05) is 0 Å². The Bertz CT molecular complexity index is 352. The first kappa shape index (κ1) is 9.35. The number of thiol groups is 1. The summed E-state index contributed by atoms with van der Waals surface area (Å²) in [5.74, 6) is 0.315. The topological polar surface area (TPSA) is 43.4 Å². The highest BCUT2D eigenvalue weighted by molar-refractivity contribution is 7.72. The molecule has 0 saturated heterocycles. The zero-order valence-corrected chi connectivity index (χ0v) is 7.93. The summed E-state index contributed by atoms with van der Waals surface area (Å²) in [6.07, 6.45) is 0. The fourth-order valence-corrected chi connectivity index (χ4v) is 1.64. The van der Waals surface area contributed by atoms with E-state index in [0.717, 1.165) is 0 Å². The molecular formula is C7H7ClO3S. The summed E-state index contributed by atoms with van der Waals surface area (Å²) < 4.78 is 26.1. The van der Waals surface area contributed by atoms with Crippen LogP contribution in [0.4, 0.5) is 0 Å². The van der Waals surface area contributed by atoms with Crippen LogP contribution in [-0.2, 0) is 10.7 Å². The molecule has 0 unspecified atom stereocenters. The quantitative estimate of drug-likeness (QED) is 0.743. The molecule has 0 aliphatic carbocycles. The molecule has 12 heavy (non-hydrogen) atoms. The maximum Gasteiger partial charge on any atom is 0.172 e. The Morgan fingerprint density at radius 3 is 2.58 bits per heavy atom. The van der Waals surface area contributed by atoms with E-state index < -0.39 is 10.7 Å². The zero-order chi connectivity index (χ0) is 9.14. The lowest BCUT2D eigenvalue weighted by Crippen LogP contribution is -1.89. The summed E-state index contributed by atoms with van der Waals surface area (Å²) >= 11 is 5.59. The van der Waals surface area contributed by atoms with Crippen LogP contribution >= 0.6 is 11.6 Å². The Hall–Kier alpha value is -0.740.